The molecular formula is C12H13BrF3NO. The van der Waals surface area contributed by atoms with Crippen molar-refractivity contribution in [3.8, 4) is 0 Å². The summed E-state index contributed by atoms with van der Waals surface area (Å²) in [6, 6.07) is 6.62. The summed E-state index contributed by atoms with van der Waals surface area (Å²) in [4.78, 5) is 12.8. The first kappa shape index (κ1) is 15.0. The van der Waals surface area contributed by atoms with Gasteiger partial charge in [-0.25, -0.2) is 0 Å². The second-order valence-corrected chi connectivity index (χ2v) is 4.64. The largest absolute Gasteiger partial charge is 0.406 e. The van der Waals surface area contributed by atoms with Gasteiger partial charge in [0.25, 0.3) is 5.91 Å². The Morgan fingerprint density at radius 3 is 2.44 bits per heavy atom. The molecule has 0 N–H and O–H groups in total. The van der Waals surface area contributed by atoms with E-state index in [0.29, 0.717) is 16.5 Å². The summed E-state index contributed by atoms with van der Waals surface area (Å²) in [5, 5.41) is 0.306. The van der Waals surface area contributed by atoms with Crippen LogP contribution in [0.5, 0.6) is 0 Å². The van der Waals surface area contributed by atoms with Crippen LogP contribution in [-0.4, -0.2) is 35.4 Å². The Morgan fingerprint density at radius 2 is 1.94 bits per heavy atom. The van der Waals surface area contributed by atoms with Gasteiger partial charge in [0.15, 0.2) is 0 Å². The molecule has 0 aliphatic heterocycles. The van der Waals surface area contributed by atoms with E-state index in [2.05, 4.69) is 15.9 Å². The van der Waals surface area contributed by atoms with E-state index in [1.807, 2.05) is 0 Å². The van der Waals surface area contributed by atoms with Crippen molar-refractivity contribution in [2.45, 2.75) is 13.1 Å². The third-order valence-corrected chi connectivity index (χ3v) is 2.74. The average Bonchev–Trinajstić information content (AvgIpc) is 2.26. The number of nitrogens with zero attached hydrogens (tertiary/aromatic N) is 1. The minimum Gasteiger partial charge on any atom is -0.329 e. The molecule has 0 radical (unpaired) electrons. The molecule has 0 aromatic heterocycles. The summed E-state index contributed by atoms with van der Waals surface area (Å²) in [5.74, 6) is -0.593. The van der Waals surface area contributed by atoms with Gasteiger partial charge in [-0.2, -0.15) is 13.2 Å². The molecule has 18 heavy (non-hydrogen) atoms. The van der Waals surface area contributed by atoms with Gasteiger partial charge in [0.1, 0.15) is 6.54 Å². The van der Waals surface area contributed by atoms with Crippen LogP contribution in [-0.2, 0) is 0 Å². The highest BCUT2D eigenvalue weighted by Crippen LogP contribution is 2.19. The second-order valence-electron chi connectivity index (χ2n) is 3.85. The number of alkyl halides is 4. The van der Waals surface area contributed by atoms with Crippen molar-refractivity contribution in [3.63, 3.8) is 0 Å². The predicted molar refractivity (Wildman–Crippen MR) is 66.9 cm³/mol. The van der Waals surface area contributed by atoms with Crippen LogP contribution in [0.2, 0.25) is 0 Å². The summed E-state index contributed by atoms with van der Waals surface area (Å²) >= 11 is 3.06. The van der Waals surface area contributed by atoms with Gasteiger partial charge in [0.2, 0.25) is 0 Å². The van der Waals surface area contributed by atoms with Crippen molar-refractivity contribution in [1.29, 1.82) is 0 Å². The Labute approximate surface area is 112 Å². The number of halogens is 4. The highest BCUT2D eigenvalue weighted by atomic mass is 79.9. The Morgan fingerprint density at radius 1 is 1.33 bits per heavy atom. The molecule has 0 saturated carbocycles. The molecule has 1 amide bonds. The Balaban J connectivity index is 2.93. The average molecular weight is 324 g/mol. The van der Waals surface area contributed by atoms with Gasteiger partial charge in [-0.15, -0.1) is 0 Å². The van der Waals surface area contributed by atoms with Crippen LogP contribution >= 0.6 is 15.9 Å². The third kappa shape index (κ3) is 4.33. The molecule has 1 aromatic rings. The maximum atomic E-state index is 12.4. The first-order chi connectivity index (χ1) is 8.35. The molecule has 6 heteroatoms. The van der Waals surface area contributed by atoms with Crippen molar-refractivity contribution < 1.29 is 18.0 Å². The SMILES string of the molecule is Cc1ccccc1C(=O)N(CCBr)CC(F)(F)F. The number of benzene rings is 1. The third-order valence-electron chi connectivity index (χ3n) is 2.39. The lowest BCUT2D eigenvalue weighted by Crippen LogP contribution is -2.40. The highest BCUT2D eigenvalue weighted by molar-refractivity contribution is 9.09. The lowest BCUT2D eigenvalue weighted by atomic mass is 10.1. The first-order valence-corrected chi connectivity index (χ1v) is 6.45. The van der Waals surface area contributed by atoms with Crippen LogP contribution in [0.15, 0.2) is 24.3 Å². The zero-order chi connectivity index (χ0) is 13.8. The van der Waals surface area contributed by atoms with Crippen molar-refractivity contribution in [1.82, 2.24) is 4.90 Å². The molecule has 1 rings (SSSR count). The summed E-state index contributed by atoms with van der Waals surface area (Å²) in [6.07, 6.45) is -4.39. The minimum absolute atomic E-state index is 0.0205. The van der Waals surface area contributed by atoms with Gasteiger partial charge in [-0.1, -0.05) is 34.1 Å². The van der Waals surface area contributed by atoms with E-state index in [-0.39, 0.29) is 6.54 Å². The van der Waals surface area contributed by atoms with Crippen LogP contribution in [0, 0.1) is 6.92 Å². The van der Waals surface area contributed by atoms with Crippen molar-refractivity contribution in [2.75, 3.05) is 18.4 Å². The lowest BCUT2D eigenvalue weighted by molar-refractivity contribution is -0.140. The quantitative estimate of drug-likeness (QED) is 0.778. The van der Waals surface area contributed by atoms with E-state index in [9.17, 15) is 18.0 Å². The molecular weight excluding hydrogens is 311 g/mol. The molecule has 0 unspecified atom stereocenters. The summed E-state index contributed by atoms with van der Waals surface area (Å²) in [7, 11) is 0. The molecule has 0 aliphatic rings. The van der Waals surface area contributed by atoms with Crippen LogP contribution in [0.25, 0.3) is 0 Å². The van der Waals surface area contributed by atoms with Gasteiger partial charge in [0, 0.05) is 17.4 Å². The zero-order valence-electron chi connectivity index (χ0n) is 9.80. The van der Waals surface area contributed by atoms with E-state index >= 15 is 0 Å². The van der Waals surface area contributed by atoms with Crippen molar-refractivity contribution in [2.24, 2.45) is 0 Å². The van der Waals surface area contributed by atoms with Gasteiger partial charge in [-0.05, 0) is 18.6 Å². The number of aryl methyl sites for hydroxylation is 1. The van der Waals surface area contributed by atoms with E-state index in [1.54, 1.807) is 25.1 Å². The fourth-order valence-corrected chi connectivity index (χ4v) is 1.98. The molecule has 0 heterocycles. The number of amides is 1. The van der Waals surface area contributed by atoms with Gasteiger partial charge >= 0.3 is 6.18 Å². The van der Waals surface area contributed by atoms with Crippen LogP contribution in [0.3, 0.4) is 0 Å². The first-order valence-electron chi connectivity index (χ1n) is 5.33. The standard InChI is InChI=1S/C12H13BrF3NO/c1-9-4-2-3-5-10(9)11(18)17(7-6-13)8-12(14,15)16/h2-5H,6-8H2,1H3. The lowest BCUT2D eigenvalue weighted by Gasteiger charge is -2.23. The maximum absolute atomic E-state index is 12.4. The highest BCUT2D eigenvalue weighted by Gasteiger charge is 2.33. The fourth-order valence-electron chi connectivity index (χ4n) is 1.55. The topological polar surface area (TPSA) is 20.3 Å². The molecule has 1 aromatic carbocycles. The molecule has 2 nitrogen and oxygen atoms in total. The molecule has 100 valence electrons. The smallest absolute Gasteiger partial charge is 0.329 e. The van der Waals surface area contributed by atoms with Crippen molar-refractivity contribution >= 4 is 21.8 Å². The summed E-state index contributed by atoms with van der Waals surface area (Å²) in [6.45, 7) is 0.492. The van der Waals surface area contributed by atoms with Gasteiger partial charge in [0.05, 0.1) is 0 Å². The number of rotatable bonds is 4. The van der Waals surface area contributed by atoms with E-state index in [0.717, 1.165) is 4.90 Å². The van der Waals surface area contributed by atoms with E-state index < -0.39 is 18.6 Å². The Bertz CT molecular complexity index is 420. The number of hydrogen-bond donors (Lipinski definition) is 0. The van der Waals surface area contributed by atoms with Crippen molar-refractivity contribution in [3.05, 3.63) is 35.4 Å². The zero-order valence-corrected chi connectivity index (χ0v) is 11.4. The Hall–Kier alpha value is -1.04. The van der Waals surface area contributed by atoms with Crippen LogP contribution in [0.1, 0.15) is 15.9 Å². The predicted octanol–water partition coefficient (Wildman–Crippen LogP) is 3.39. The molecule has 0 spiro atoms. The van der Waals surface area contributed by atoms with Gasteiger partial charge in [-0.3, -0.25) is 4.79 Å². The fraction of sp³-hybridized carbons (Fsp3) is 0.417. The molecule has 0 bridgehead atoms. The number of hydrogen-bond acceptors (Lipinski definition) is 1. The van der Waals surface area contributed by atoms with Crippen LogP contribution < -0.4 is 0 Å². The number of carbonyl (C=O) groups excluding carboxylic acids is 1. The molecule has 0 saturated heterocycles. The summed E-state index contributed by atoms with van der Waals surface area (Å²) in [5.41, 5.74) is 0.979. The molecule has 0 aliphatic carbocycles. The summed E-state index contributed by atoms with van der Waals surface area (Å²) < 4.78 is 37.2. The monoisotopic (exact) mass is 323 g/mol. The normalized spacial score (nSPS) is 11.4. The minimum atomic E-state index is -4.39. The number of carbonyl (C=O) groups is 1. The maximum Gasteiger partial charge on any atom is 0.406 e. The Kier molecular flexibility index (Phi) is 5.19. The van der Waals surface area contributed by atoms with E-state index in [4.69, 9.17) is 0 Å². The van der Waals surface area contributed by atoms with E-state index in [1.165, 1.54) is 6.07 Å². The van der Waals surface area contributed by atoms with Crippen LogP contribution in [0.4, 0.5) is 13.2 Å². The molecule has 0 atom stereocenters. The van der Waals surface area contributed by atoms with Gasteiger partial charge < -0.3 is 4.90 Å². The molecule has 0 fully saturated rings. The second kappa shape index (κ2) is 6.22.